The summed E-state index contributed by atoms with van der Waals surface area (Å²) in [7, 11) is 1.21. The minimum atomic E-state index is -0.833. The van der Waals surface area contributed by atoms with E-state index in [0.717, 1.165) is 12.1 Å². The Kier molecular flexibility index (Phi) is 3.92. The van der Waals surface area contributed by atoms with Crippen molar-refractivity contribution in [3.05, 3.63) is 29.7 Å². The molecule has 0 fully saturated rings. The number of benzene rings is 1. The molecule has 2 rings (SSSR count). The van der Waals surface area contributed by atoms with Crippen LogP contribution in [0.1, 0.15) is 17.6 Å². The fraction of sp³-hybridized carbons (Fsp3) is 0.250. The number of methoxy groups -OCH3 is 1. The van der Waals surface area contributed by atoms with Gasteiger partial charge in [-0.3, -0.25) is 0 Å². The highest BCUT2D eigenvalue weighted by Crippen LogP contribution is 2.27. The third-order valence-corrected chi connectivity index (χ3v) is 2.36. The minimum absolute atomic E-state index is 0.127. The molecule has 8 heteroatoms. The van der Waals surface area contributed by atoms with Gasteiger partial charge >= 0.3 is 11.9 Å². The van der Waals surface area contributed by atoms with Gasteiger partial charge in [0, 0.05) is 6.07 Å². The van der Waals surface area contributed by atoms with E-state index < -0.39 is 23.5 Å². The van der Waals surface area contributed by atoms with Crippen LogP contribution in [0.25, 0.3) is 11.4 Å². The average Bonchev–Trinajstić information content (AvgIpc) is 2.90. The van der Waals surface area contributed by atoms with Crippen molar-refractivity contribution in [1.82, 2.24) is 10.1 Å². The van der Waals surface area contributed by atoms with E-state index >= 15 is 0 Å². The highest BCUT2D eigenvalue weighted by atomic mass is 19.1. The summed E-state index contributed by atoms with van der Waals surface area (Å²) in [6.45, 7) is 1.73. The zero-order valence-corrected chi connectivity index (χ0v) is 10.6. The second kappa shape index (κ2) is 5.64. The number of halogens is 2. The van der Waals surface area contributed by atoms with E-state index in [0.29, 0.717) is 0 Å². The molecule has 106 valence electrons. The predicted octanol–water partition coefficient (Wildman–Crippen LogP) is 2.20. The SMILES string of the molecule is CCOC(=O)c1nc(-c2cc(F)c(OC)cc2F)no1. The van der Waals surface area contributed by atoms with E-state index in [2.05, 4.69) is 24.1 Å². The molecule has 0 bridgehead atoms. The zero-order chi connectivity index (χ0) is 14.7. The third kappa shape index (κ3) is 2.58. The lowest BCUT2D eigenvalue weighted by molar-refractivity contribution is 0.0470. The number of carbonyl (C=O) groups is 1. The Labute approximate surface area is 112 Å². The van der Waals surface area contributed by atoms with Gasteiger partial charge in [-0.1, -0.05) is 5.16 Å². The maximum atomic E-state index is 13.8. The molecule has 0 aliphatic rings. The lowest BCUT2D eigenvalue weighted by Gasteiger charge is -2.03. The van der Waals surface area contributed by atoms with E-state index in [4.69, 9.17) is 0 Å². The summed E-state index contributed by atoms with van der Waals surface area (Å²) in [5.74, 6) is -3.36. The smallest absolute Gasteiger partial charge is 0.397 e. The Morgan fingerprint density at radius 2 is 2.10 bits per heavy atom. The molecule has 0 saturated carbocycles. The maximum absolute atomic E-state index is 13.8. The van der Waals surface area contributed by atoms with E-state index in [-0.39, 0.29) is 23.7 Å². The first-order chi connectivity index (χ1) is 9.56. The van der Waals surface area contributed by atoms with Crippen LogP contribution in [0, 0.1) is 11.6 Å². The summed E-state index contributed by atoms with van der Waals surface area (Å²) in [5, 5.41) is 3.41. The Balaban J connectivity index is 2.37. The van der Waals surface area contributed by atoms with E-state index in [1.165, 1.54) is 7.11 Å². The van der Waals surface area contributed by atoms with Crippen LogP contribution in [0.4, 0.5) is 8.78 Å². The van der Waals surface area contributed by atoms with Crippen molar-refractivity contribution < 1.29 is 27.6 Å². The van der Waals surface area contributed by atoms with Crippen LogP contribution in [0.5, 0.6) is 5.75 Å². The number of nitrogens with zero attached hydrogens (tertiary/aromatic N) is 2. The molecule has 1 heterocycles. The van der Waals surface area contributed by atoms with Gasteiger partial charge in [0.2, 0.25) is 5.82 Å². The lowest BCUT2D eigenvalue weighted by atomic mass is 10.2. The van der Waals surface area contributed by atoms with Crippen LogP contribution in [0.2, 0.25) is 0 Å². The molecule has 0 atom stereocenters. The molecule has 0 unspecified atom stereocenters. The van der Waals surface area contributed by atoms with Crippen molar-refractivity contribution in [2.45, 2.75) is 6.92 Å². The van der Waals surface area contributed by atoms with Gasteiger partial charge in [-0.05, 0) is 13.0 Å². The van der Waals surface area contributed by atoms with Crippen molar-refractivity contribution in [3.8, 4) is 17.1 Å². The molecule has 0 radical (unpaired) electrons. The van der Waals surface area contributed by atoms with Crippen molar-refractivity contribution >= 4 is 5.97 Å². The fourth-order valence-corrected chi connectivity index (χ4v) is 1.46. The van der Waals surface area contributed by atoms with Gasteiger partial charge < -0.3 is 14.0 Å². The minimum Gasteiger partial charge on any atom is -0.494 e. The van der Waals surface area contributed by atoms with E-state index in [1.54, 1.807) is 6.92 Å². The van der Waals surface area contributed by atoms with E-state index in [1.807, 2.05) is 0 Å². The molecule has 0 spiro atoms. The van der Waals surface area contributed by atoms with Crippen molar-refractivity contribution in [1.29, 1.82) is 0 Å². The second-order valence-electron chi connectivity index (χ2n) is 3.61. The summed E-state index contributed by atoms with van der Waals surface area (Å²) in [4.78, 5) is 15.0. The molecule has 2 aromatic rings. The number of hydrogen-bond donors (Lipinski definition) is 0. The van der Waals surface area contributed by atoms with Gasteiger partial charge in [0.25, 0.3) is 0 Å². The molecule has 0 N–H and O–H groups in total. The van der Waals surface area contributed by atoms with Crippen molar-refractivity contribution in [2.75, 3.05) is 13.7 Å². The number of esters is 1. The third-order valence-electron chi connectivity index (χ3n) is 2.36. The summed E-state index contributed by atoms with van der Waals surface area (Å²) < 4.78 is 41.2. The molecule has 0 amide bonds. The molecular formula is C12H10F2N2O4. The zero-order valence-electron chi connectivity index (χ0n) is 10.6. The Bertz CT molecular complexity index is 642. The van der Waals surface area contributed by atoms with Crippen LogP contribution in [0.3, 0.4) is 0 Å². The maximum Gasteiger partial charge on any atom is 0.397 e. The summed E-state index contributed by atoms with van der Waals surface area (Å²) in [5.41, 5.74) is -0.248. The van der Waals surface area contributed by atoms with Crippen LogP contribution in [-0.2, 0) is 4.74 Å². The quantitative estimate of drug-likeness (QED) is 0.801. The van der Waals surface area contributed by atoms with Crippen LogP contribution in [0.15, 0.2) is 16.7 Å². The molecule has 0 saturated heterocycles. The lowest BCUT2D eigenvalue weighted by Crippen LogP contribution is -2.04. The molecule has 1 aromatic heterocycles. The average molecular weight is 284 g/mol. The first kappa shape index (κ1) is 13.9. The highest BCUT2D eigenvalue weighted by Gasteiger charge is 2.20. The highest BCUT2D eigenvalue weighted by molar-refractivity contribution is 5.84. The van der Waals surface area contributed by atoms with Crippen LogP contribution in [-0.4, -0.2) is 29.8 Å². The summed E-state index contributed by atoms with van der Waals surface area (Å²) in [6.07, 6.45) is 0. The van der Waals surface area contributed by atoms with Crippen LogP contribution < -0.4 is 4.74 Å². The number of carbonyl (C=O) groups excluding carboxylic acids is 1. The van der Waals surface area contributed by atoms with Gasteiger partial charge in [0.05, 0.1) is 19.3 Å². The normalized spacial score (nSPS) is 10.4. The predicted molar refractivity (Wildman–Crippen MR) is 62.2 cm³/mol. The topological polar surface area (TPSA) is 74.5 Å². The van der Waals surface area contributed by atoms with Gasteiger partial charge in [-0.25, -0.2) is 13.6 Å². The monoisotopic (exact) mass is 284 g/mol. The number of hydrogen-bond acceptors (Lipinski definition) is 6. The largest absolute Gasteiger partial charge is 0.494 e. The number of aromatic nitrogens is 2. The Hall–Kier alpha value is -2.51. The standard InChI is InChI=1S/C12H10F2N2O4/c1-3-19-12(17)11-15-10(16-20-11)6-4-8(14)9(18-2)5-7(6)13/h4-5H,3H2,1-2H3. The molecule has 20 heavy (non-hydrogen) atoms. The van der Waals surface area contributed by atoms with Crippen molar-refractivity contribution in [3.63, 3.8) is 0 Å². The second-order valence-corrected chi connectivity index (χ2v) is 3.61. The fourth-order valence-electron chi connectivity index (χ4n) is 1.46. The van der Waals surface area contributed by atoms with Crippen molar-refractivity contribution in [2.24, 2.45) is 0 Å². The number of ether oxygens (including phenoxy) is 2. The van der Waals surface area contributed by atoms with Gasteiger partial charge in [0.15, 0.2) is 11.6 Å². The first-order valence-corrected chi connectivity index (χ1v) is 5.61. The van der Waals surface area contributed by atoms with Gasteiger partial charge in [-0.15, -0.1) is 0 Å². The Morgan fingerprint density at radius 1 is 1.35 bits per heavy atom. The molecule has 0 aliphatic heterocycles. The summed E-state index contributed by atoms with van der Waals surface area (Å²) >= 11 is 0. The molecule has 6 nitrogen and oxygen atoms in total. The first-order valence-electron chi connectivity index (χ1n) is 5.61. The van der Waals surface area contributed by atoms with Gasteiger partial charge in [0.1, 0.15) is 5.82 Å². The Morgan fingerprint density at radius 3 is 2.75 bits per heavy atom. The summed E-state index contributed by atoms with van der Waals surface area (Å²) in [6, 6.07) is 1.71. The number of rotatable bonds is 4. The van der Waals surface area contributed by atoms with Crippen LogP contribution >= 0.6 is 0 Å². The molecule has 0 aliphatic carbocycles. The molecular weight excluding hydrogens is 274 g/mol. The van der Waals surface area contributed by atoms with E-state index in [9.17, 15) is 13.6 Å². The van der Waals surface area contributed by atoms with Gasteiger partial charge in [-0.2, -0.15) is 4.98 Å². The molecule has 1 aromatic carbocycles.